The molecule has 0 spiro atoms. The molecular formula is C18H25N3O3. The van der Waals surface area contributed by atoms with Gasteiger partial charge in [-0.3, -0.25) is 9.59 Å². The Kier molecular flexibility index (Phi) is 5.48. The van der Waals surface area contributed by atoms with Gasteiger partial charge < -0.3 is 20.7 Å². The van der Waals surface area contributed by atoms with Gasteiger partial charge >= 0.3 is 0 Å². The number of carbonyl (C=O) groups is 2. The van der Waals surface area contributed by atoms with E-state index < -0.39 is 0 Å². The summed E-state index contributed by atoms with van der Waals surface area (Å²) in [6.07, 6.45) is 2.92. The number of nitrogens with one attached hydrogen (secondary N) is 1. The van der Waals surface area contributed by atoms with Crippen LogP contribution in [0.15, 0.2) is 24.3 Å². The fraction of sp³-hybridized carbons (Fsp3) is 0.556. The van der Waals surface area contributed by atoms with Gasteiger partial charge in [0.2, 0.25) is 11.8 Å². The SMILES string of the molecule is NC1CCC(C(=O)Nc2ccc(CC(=O)N3CCOCC3)cc2)C1. The molecule has 1 aromatic carbocycles. The van der Waals surface area contributed by atoms with Crippen LogP contribution >= 0.6 is 0 Å². The zero-order valence-electron chi connectivity index (χ0n) is 13.9. The lowest BCUT2D eigenvalue weighted by Gasteiger charge is -2.26. The monoisotopic (exact) mass is 331 g/mol. The second kappa shape index (κ2) is 7.77. The second-order valence-corrected chi connectivity index (χ2v) is 6.63. The molecule has 1 saturated carbocycles. The molecule has 6 heteroatoms. The maximum Gasteiger partial charge on any atom is 0.227 e. The smallest absolute Gasteiger partial charge is 0.227 e. The van der Waals surface area contributed by atoms with Gasteiger partial charge in [0.05, 0.1) is 19.6 Å². The molecule has 2 fully saturated rings. The first-order valence-corrected chi connectivity index (χ1v) is 8.63. The fourth-order valence-corrected chi connectivity index (χ4v) is 3.30. The first kappa shape index (κ1) is 16.9. The van der Waals surface area contributed by atoms with Gasteiger partial charge in [-0.1, -0.05) is 12.1 Å². The highest BCUT2D eigenvalue weighted by atomic mass is 16.5. The molecule has 3 rings (SSSR count). The van der Waals surface area contributed by atoms with Crippen LogP contribution < -0.4 is 11.1 Å². The highest BCUT2D eigenvalue weighted by Crippen LogP contribution is 2.25. The van der Waals surface area contributed by atoms with E-state index in [1.54, 1.807) is 0 Å². The predicted molar refractivity (Wildman–Crippen MR) is 91.5 cm³/mol. The summed E-state index contributed by atoms with van der Waals surface area (Å²) in [4.78, 5) is 26.2. The van der Waals surface area contributed by atoms with Crippen molar-refractivity contribution >= 4 is 17.5 Å². The summed E-state index contributed by atoms with van der Waals surface area (Å²) in [5.74, 6) is 0.178. The molecule has 1 heterocycles. The van der Waals surface area contributed by atoms with Gasteiger partial charge in [0.15, 0.2) is 0 Å². The van der Waals surface area contributed by atoms with Gasteiger partial charge in [-0.15, -0.1) is 0 Å². The van der Waals surface area contributed by atoms with E-state index in [4.69, 9.17) is 10.5 Å². The molecule has 6 nitrogen and oxygen atoms in total. The van der Waals surface area contributed by atoms with Crippen molar-refractivity contribution in [3.8, 4) is 0 Å². The number of ether oxygens (including phenoxy) is 1. The van der Waals surface area contributed by atoms with Crippen molar-refractivity contribution in [2.45, 2.75) is 31.7 Å². The van der Waals surface area contributed by atoms with Gasteiger partial charge in [-0.05, 0) is 37.0 Å². The molecule has 2 amide bonds. The normalized spacial score (nSPS) is 24.0. The minimum Gasteiger partial charge on any atom is -0.378 e. The van der Waals surface area contributed by atoms with Crippen LogP contribution in [0.2, 0.25) is 0 Å². The minimum absolute atomic E-state index is 0.0163. The zero-order chi connectivity index (χ0) is 16.9. The maximum atomic E-state index is 12.2. The lowest BCUT2D eigenvalue weighted by Crippen LogP contribution is -2.41. The van der Waals surface area contributed by atoms with Crippen LogP contribution in [-0.2, 0) is 20.7 Å². The molecule has 2 aliphatic rings. The average Bonchev–Trinajstić information content (AvgIpc) is 3.04. The number of rotatable bonds is 4. The highest BCUT2D eigenvalue weighted by Gasteiger charge is 2.27. The van der Waals surface area contributed by atoms with E-state index >= 15 is 0 Å². The molecule has 2 atom stereocenters. The standard InChI is InChI=1S/C18H25N3O3/c19-15-4-3-14(12-15)18(23)20-16-5-1-13(2-6-16)11-17(22)21-7-9-24-10-8-21/h1-2,5-6,14-15H,3-4,7-12,19H2,(H,20,23). The molecule has 0 aromatic heterocycles. The summed E-state index contributed by atoms with van der Waals surface area (Å²) < 4.78 is 5.26. The van der Waals surface area contributed by atoms with Crippen molar-refractivity contribution in [1.29, 1.82) is 0 Å². The number of hydrogen-bond acceptors (Lipinski definition) is 4. The Balaban J connectivity index is 1.51. The molecule has 2 unspecified atom stereocenters. The van der Waals surface area contributed by atoms with Crippen LogP contribution in [0, 0.1) is 5.92 Å². The molecule has 1 aromatic rings. The lowest BCUT2D eigenvalue weighted by molar-refractivity contribution is -0.134. The third kappa shape index (κ3) is 4.33. The van der Waals surface area contributed by atoms with Gasteiger partial charge in [0.25, 0.3) is 0 Å². The van der Waals surface area contributed by atoms with Crippen molar-refractivity contribution in [3.63, 3.8) is 0 Å². The summed E-state index contributed by atoms with van der Waals surface area (Å²) in [6, 6.07) is 7.65. The number of nitrogens with two attached hydrogens (primary N) is 1. The van der Waals surface area contributed by atoms with Crippen LogP contribution in [-0.4, -0.2) is 49.1 Å². The lowest BCUT2D eigenvalue weighted by atomic mass is 10.1. The second-order valence-electron chi connectivity index (χ2n) is 6.63. The van der Waals surface area contributed by atoms with Crippen molar-refractivity contribution in [2.24, 2.45) is 11.7 Å². The van der Waals surface area contributed by atoms with E-state index in [0.717, 1.165) is 30.5 Å². The number of carbonyl (C=O) groups excluding carboxylic acids is 2. The van der Waals surface area contributed by atoms with Gasteiger partial charge in [0, 0.05) is 30.7 Å². The van der Waals surface area contributed by atoms with Crippen molar-refractivity contribution in [2.75, 3.05) is 31.6 Å². The topological polar surface area (TPSA) is 84.7 Å². The molecule has 1 aliphatic heterocycles. The Morgan fingerprint density at radius 2 is 1.88 bits per heavy atom. The van der Waals surface area contributed by atoms with E-state index in [2.05, 4.69) is 5.32 Å². The van der Waals surface area contributed by atoms with Crippen LogP contribution in [0.5, 0.6) is 0 Å². The van der Waals surface area contributed by atoms with Crippen molar-refractivity contribution in [1.82, 2.24) is 4.90 Å². The number of amides is 2. The van der Waals surface area contributed by atoms with Gasteiger partial charge in [-0.2, -0.15) is 0 Å². The summed E-state index contributed by atoms with van der Waals surface area (Å²) in [7, 11) is 0. The first-order valence-electron chi connectivity index (χ1n) is 8.63. The third-order valence-electron chi connectivity index (χ3n) is 4.78. The van der Waals surface area contributed by atoms with Gasteiger partial charge in [0.1, 0.15) is 0 Å². The van der Waals surface area contributed by atoms with Crippen LogP contribution in [0.3, 0.4) is 0 Å². The van der Waals surface area contributed by atoms with E-state index in [1.807, 2.05) is 29.2 Å². The first-order chi connectivity index (χ1) is 11.6. The number of anilines is 1. The van der Waals surface area contributed by atoms with E-state index in [0.29, 0.717) is 32.7 Å². The van der Waals surface area contributed by atoms with E-state index in [9.17, 15) is 9.59 Å². The summed E-state index contributed by atoms with van der Waals surface area (Å²) in [6.45, 7) is 2.55. The molecule has 1 saturated heterocycles. The van der Waals surface area contributed by atoms with Crippen LogP contribution in [0.4, 0.5) is 5.69 Å². The quantitative estimate of drug-likeness (QED) is 0.867. The van der Waals surface area contributed by atoms with Crippen molar-refractivity contribution < 1.29 is 14.3 Å². The molecular weight excluding hydrogens is 306 g/mol. The Morgan fingerprint density at radius 3 is 2.50 bits per heavy atom. The van der Waals surface area contributed by atoms with E-state index in [-0.39, 0.29) is 23.8 Å². The fourth-order valence-electron chi connectivity index (χ4n) is 3.30. The molecule has 0 radical (unpaired) electrons. The zero-order valence-corrected chi connectivity index (χ0v) is 13.9. The number of morpholine rings is 1. The van der Waals surface area contributed by atoms with Gasteiger partial charge in [-0.25, -0.2) is 0 Å². The number of nitrogens with zero attached hydrogens (tertiary/aromatic N) is 1. The summed E-state index contributed by atoms with van der Waals surface area (Å²) in [5, 5.41) is 2.94. The summed E-state index contributed by atoms with van der Waals surface area (Å²) in [5.41, 5.74) is 7.58. The third-order valence-corrected chi connectivity index (χ3v) is 4.78. The Labute approximate surface area is 142 Å². The van der Waals surface area contributed by atoms with Crippen LogP contribution in [0.1, 0.15) is 24.8 Å². The van der Waals surface area contributed by atoms with E-state index in [1.165, 1.54) is 0 Å². The Morgan fingerprint density at radius 1 is 1.17 bits per heavy atom. The molecule has 0 bridgehead atoms. The predicted octanol–water partition coefficient (Wildman–Crippen LogP) is 1.15. The molecule has 3 N–H and O–H groups in total. The molecule has 130 valence electrons. The minimum atomic E-state index is 0.0163. The Bertz CT molecular complexity index is 544. The average molecular weight is 331 g/mol. The largest absolute Gasteiger partial charge is 0.378 e. The molecule has 24 heavy (non-hydrogen) atoms. The highest BCUT2D eigenvalue weighted by molar-refractivity contribution is 5.92. The number of hydrogen-bond donors (Lipinski definition) is 2. The van der Waals surface area contributed by atoms with Crippen LogP contribution in [0.25, 0.3) is 0 Å². The maximum absolute atomic E-state index is 12.2. The Hall–Kier alpha value is -1.92. The van der Waals surface area contributed by atoms with Crippen molar-refractivity contribution in [3.05, 3.63) is 29.8 Å². The number of benzene rings is 1. The molecule has 1 aliphatic carbocycles. The summed E-state index contributed by atoms with van der Waals surface area (Å²) >= 11 is 0.